The third-order valence-corrected chi connectivity index (χ3v) is 3.24. The molecule has 0 aliphatic rings. The van der Waals surface area contributed by atoms with Crippen LogP contribution in [-0.4, -0.2) is 31.5 Å². The highest BCUT2D eigenvalue weighted by Crippen LogP contribution is 2.19. The van der Waals surface area contributed by atoms with Crippen LogP contribution >= 0.6 is 0 Å². The third kappa shape index (κ3) is 3.93. The molecule has 0 amide bonds. The Bertz CT molecular complexity index is 905. The Morgan fingerprint density at radius 3 is 2.68 bits per heavy atom. The van der Waals surface area contributed by atoms with Crippen molar-refractivity contribution >= 4 is 17.9 Å². The summed E-state index contributed by atoms with van der Waals surface area (Å²) in [5, 5.41) is 25.3. The molecule has 3 aromatic rings. The van der Waals surface area contributed by atoms with Gasteiger partial charge in [-0.2, -0.15) is 5.10 Å². The lowest BCUT2D eigenvalue weighted by atomic mass is 10.2. The van der Waals surface area contributed by atoms with Crippen molar-refractivity contribution in [3.05, 3.63) is 69.8 Å². The highest BCUT2D eigenvalue weighted by molar-refractivity contribution is 5.83. The maximum absolute atomic E-state index is 10.7. The molecule has 10 heteroatoms. The highest BCUT2D eigenvalue weighted by Gasteiger charge is 2.06. The predicted molar refractivity (Wildman–Crippen MR) is 89.1 cm³/mol. The van der Waals surface area contributed by atoms with Crippen LogP contribution in [0.25, 0.3) is 0 Å². The molecule has 0 radical (unpaired) electrons. The zero-order valence-corrected chi connectivity index (χ0v) is 12.9. The Morgan fingerprint density at radius 2 is 2.00 bits per heavy atom. The van der Waals surface area contributed by atoms with Gasteiger partial charge < -0.3 is 10.5 Å². The first kappa shape index (κ1) is 16.1. The van der Waals surface area contributed by atoms with Gasteiger partial charge >= 0.3 is 0 Å². The summed E-state index contributed by atoms with van der Waals surface area (Å²) in [6.07, 6.45) is 1.53. The SMILES string of the molecule is Nc1nnnn1N=Cc1ccccc1OCc1ccc([N+](=O)[O-])cc1. The van der Waals surface area contributed by atoms with E-state index >= 15 is 0 Å². The van der Waals surface area contributed by atoms with E-state index in [0.29, 0.717) is 11.3 Å². The van der Waals surface area contributed by atoms with Crippen molar-refractivity contribution in [1.82, 2.24) is 20.3 Å². The molecule has 1 aromatic heterocycles. The lowest BCUT2D eigenvalue weighted by molar-refractivity contribution is -0.384. The second kappa shape index (κ2) is 7.17. The minimum absolute atomic E-state index is 0.0373. The number of nitro groups is 1. The van der Waals surface area contributed by atoms with Gasteiger partial charge in [-0.05, 0) is 40.3 Å². The molecule has 0 unspecified atom stereocenters. The number of hydrogen-bond donors (Lipinski definition) is 1. The maximum Gasteiger partial charge on any atom is 0.269 e. The zero-order chi connectivity index (χ0) is 17.6. The fraction of sp³-hybridized carbons (Fsp3) is 0.0667. The van der Waals surface area contributed by atoms with Crippen molar-refractivity contribution in [3.63, 3.8) is 0 Å². The van der Waals surface area contributed by atoms with Gasteiger partial charge in [0.15, 0.2) is 0 Å². The third-order valence-electron chi connectivity index (χ3n) is 3.24. The molecule has 126 valence electrons. The molecular weight excluding hydrogens is 326 g/mol. The average molecular weight is 339 g/mol. The van der Waals surface area contributed by atoms with Crippen LogP contribution < -0.4 is 10.5 Å². The number of benzene rings is 2. The number of tetrazole rings is 1. The summed E-state index contributed by atoms with van der Waals surface area (Å²) in [5.74, 6) is 0.664. The largest absolute Gasteiger partial charge is 0.488 e. The summed E-state index contributed by atoms with van der Waals surface area (Å²) >= 11 is 0. The summed E-state index contributed by atoms with van der Waals surface area (Å²) in [6.45, 7) is 0.260. The Morgan fingerprint density at radius 1 is 1.24 bits per heavy atom. The van der Waals surface area contributed by atoms with Crippen molar-refractivity contribution in [1.29, 1.82) is 0 Å². The molecule has 25 heavy (non-hydrogen) atoms. The van der Waals surface area contributed by atoms with E-state index in [1.807, 2.05) is 18.2 Å². The normalized spacial score (nSPS) is 10.9. The maximum atomic E-state index is 10.7. The average Bonchev–Trinajstić information content (AvgIpc) is 3.04. The Balaban J connectivity index is 1.71. The molecule has 0 saturated heterocycles. The van der Waals surface area contributed by atoms with Gasteiger partial charge in [0.1, 0.15) is 12.4 Å². The number of rotatable bonds is 6. The first-order valence-electron chi connectivity index (χ1n) is 7.17. The first-order valence-corrected chi connectivity index (χ1v) is 7.17. The number of non-ortho nitro benzene ring substituents is 1. The molecule has 0 aliphatic heterocycles. The number of para-hydroxylation sites is 1. The monoisotopic (exact) mass is 339 g/mol. The highest BCUT2D eigenvalue weighted by atomic mass is 16.6. The zero-order valence-electron chi connectivity index (χ0n) is 12.9. The minimum atomic E-state index is -0.443. The van der Waals surface area contributed by atoms with Gasteiger partial charge in [-0.1, -0.05) is 22.0 Å². The molecule has 0 aliphatic carbocycles. The number of nitrogens with two attached hydrogens (primary N) is 1. The number of nitrogen functional groups attached to an aromatic ring is 1. The van der Waals surface area contributed by atoms with E-state index in [2.05, 4.69) is 20.6 Å². The molecule has 2 aromatic carbocycles. The van der Waals surface area contributed by atoms with Gasteiger partial charge in [0, 0.05) is 17.7 Å². The smallest absolute Gasteiger partial charge is 0.269 e. The number of ether oxygens (including phenoxy) is 1. The topological polar surface area (TPSA) is 134 Å². The van der Waals surface area contributed by atoms with Crippen LogP contribution in [0, 0.1) is 10.1 Å². The Hall–Kier alpha value is -3.82. The van der Waals surface area contributed by atoms with Gasteiger partial charge in [-0.3, -0.25) is 10.1 Å². The quantitative estimate of drug-likeness (QED) is 0.409. The fourth-order valence-corrected chi connectivity index (χ4v) is 1.98. The van der Waals surface area contributed by atoms with Crippen molar-refractivity contribution in [2.24, 2.45) is 5.10 Å². The van der Waals surface area contributed by atoms with Crippen molar-refractivity contribution < 1.29 is 9.66 Å². The van der Waals surface area contributed by atoms with Crippen molar-refractivity contribution in [2.45, 2.75) is 6.61 Å². The second-order valence-electron chi connectivity index (χ2n) is 4.92. The molecule has 0 atom stereocenters. The second-order valence-corrected chi connectivity index (χ2v) is 4.92. The van der Waals surface area contributed by atoms with Gasteiger partial charge in [0.25, 0.3) is 11.6 Å². The first-order chi connectivity index (χ1) is 12.1. The van der Waals surface area contributed by atoms with Crippen LogP contribution in [-0.2, 0) is 6.61 Å². The number of anilines is 1. The van der Waals surface area contributed by atoms with Crippen LogP contribution in [0.15, 0.2) is 53.6 Å². The fourth-order valence-electron chi connectivity index (χ4n) is 1.98. The molecule has 1 heterocycles. The van der Waals surface area contributed by atoms with Crippen molar-refractivity contribution in [3.8, 4) is 5.75 Å². The summed E-state index contributed by atoms with van der Waals surface area (Å²) in [5.41, 5.74) is 7.10. The molecule has 0 fully saturated rings. The van der Waals surface area contributed by atoms with Crippen LogP contribution in [0.5, 0.6) is 5.75 Å². The lowest BCUT2D eigenvalue weighted by Crippen LogP contribution is -2.01. The number of aromatic nitrogens is 4. The van der Waals surface area contributed by atoms with Gasteiger partial charge in [0.2, 0.25) is 0 Å². The van der Waals surface area contributed by atoms with Gasteiger partial charge in [0.05, 0.1) is 11.1 Å². The van der Waals surface area contributed by atoms with E-state index in [1.165, 1.54) is 18.3 Å². The van der Waals surface area contributed by atoms with E-state index in [-0.39, 0.29) is 18.2 Å². The molecule has 2 N–H and O–H groups in total. The van der Waals surface area contributed by atoms with Gasteiger partial charge in [-0.25, -0.2) is 0 Å². The standard InChI is InChI=1S/C15H13N7O3/c16-15-18-19-20-21(15)17-9-12-3-1-2-4-14(12)25-10-11-5-7-13(8-6-11)22(23)24/h1-9H,10H2,(H2,16,18,20). The Kier molecular flexibility index (Phi) is 4.60. The summed E-state index contributed by atoms with van der Waals surface area (Å²) in [7, 11) is 0. The molecule has 0 bridgehead atoms. The lowest BCUT2D eigenvalue weighted by Gasteiger charge is -2.08. The van der Waals surface area contributed by atoms with E-state index in [0.717, 1.165) is 10.4 Å². The van der Waals surface area contributed by atoms with Crippen LogP contribution in [0.2, 0.25) is 0 Å². The summed E-state index contributed by atoms with van der Waals surface area (Å²) < 4.78 is 5.77. The number of nitrogens with zero attached hydrogens (tertiary/aromatic N) is 6. The molecule has 3 rings (SSSR count). The summed E-state index contributed by atoms with van der Waals surface area (Å²) in [4.78, 5) is 11.3. The summed E-state index contributed by atoms with van der Waals surface area (Å²) in [6, 6.07) is 13.4. The predicted octanol–water partition coefficient (Wildman–Crippen LogP) is 1.62. The Labute approximate surface area is 141 Å². The molecule has 0 spiro atoms. The molecular formula is C15H13N7O3. The van der Waals surface area contributed by atoms with Crippen LogP contribution in [0.3, 0.4) is 0 Å². The molecule has 0 saturated carbocycles. The minimum Gasteiger partial charge on any atom is -0.488 e. The van der Waals surface area contributed by atoms with E-state index in [4.69, 9.17) is 10.5 Å². The number of nitro benzene ring substituents is 1. The van der Waals surface area contributed by atoms with E-state index in [9.17, 15) is 10.1 Å². The van der Waals surface area contributed by atoms with E-state index < -0.39 is 4.92 Å². The molecule has 10 nitrogen and oxygen atoms in total. The number of hydrogen-bond acceptors (Lipinski definition) is 8. The van der Waals surface area contributed by atoms with Crippen LogP contribution in [0.1, 0.15) is 11.1 Å². The van der Waals surface area contributed by atoms with Crippen molar-refractivity contribution in [2.75, 3.05) is 5.73 Å². The van der Waals surface area contributed by atoms with Crippen LogP contribution in [0.4, 0.5) is 11.6 Å². The van der Waals surface area contributed by atoms with E-state index in [1.54, 1.807) is 18.2 Å². The van der Waals surface area contributed by atoms with Gasteiger partial charge in [-0.15, -0.1) is 0 Å².